The quantitative estimate of drug-likeness (QED) is 0.0805. The SMILES string of the molecule is COc1cc(OC)c(CN([C@@H](C)c2cccc([C@H](C)N(Cc3c(OC)cc(OC)cc3OC)[C@@H](CO)c3ccccc3)c2)[C@@H](CO)c2ccccc2)c(OC)c1. The monoisotopic (exact) mass is 764 g/mol. The van der Waals surface area contributed by atoms with E-state index in [9.17, 15) is 10.2 Å². The molecule has 4 atom stereocenters. The maximum atomic E-state index is 11.0. The third-order valence-corrected chi connectivity index (χ3v) is 10.7. The Kier molecular flexibility index (Phi) is 15.0. The van der Waals surface area contributed by atoms with Crippen molar-refractivity contribution in [2.45, 2.75) is 51.1 Å². The highest BCUT2D eigenvalue weighted by molar-refractivity contribution is 5.52. The third-order valence-electron chi connectivity index (χ3n) is 10.7. The van der Waals surface area contributed by atoms with Crippen LogP contribution in [0.5, 0.6) is 34.5 Å². The fraction of sp³-hybridized carbons (Fsp3) is 0.348. The molecular weight excluding hydrogens is 709 g/mol. The van der Waals surface area contributed by atoms with E-state index in [1.165, 1.54) is 0 Å². The van der Waals surface area contributed by atoms with Crippen molar-refractivity contribution in [3.05, 3.63) is 143 Å². The molecule has 0 aliphatic heterocycles. The summed E-state index contributed by atoms with van der Waals surface area (Å²) in [7, 11) is 9.76. The lowest BCUT2D eigenvalue weighted by atomic mass is 9.94. The second-order valence-corrected chi connectivity index (χ2v) is 13.6. The Hall–Kier alpha value is -5.26. The van der Waals surface area contributed by atoms with Gasteiger partial charge in [0.2, 0.25) is 0 Å². The Morgan fingerprint density at radius 3 is 1.04 bits per heavy atom. The number of benzene rings is 5. The Bertz CT molecular complexity index is 1790. The molecule has 10 nitrogen and oxygen atoms in total. The summed E-state index contributed by atoms with van der Waals surface area (Å²) in [4.78, 5) is 4.55. The van der Waals surface area contributed by atoms with E-state index < -0.39 is 0 Å². The van der Waals surface area contributed by atoms with Crippen LogP contribution in [0.3, 0.4) is 0 Å². The molecule has 5 rings (SSSR count). The summed E-state index contributed by atoms with van der Waals surface area (Å²) in [6, 6.07) is 34.9. The molecule has 0 aliphatic rings. The van der Waals surface area contributed by atoms with Gasteiger partial charge < -0.3 is 38.6 Å². The molecule has 2 N–H and O–H groups in total. The van der Waals surface area contributed by atoms with Crippen LogP contribution in [0.15, 0.2) is 109 Å². The summed E-state index contributed by atoms with van der Waals surface area (Å²) in [5, 5.41) is 22.1. The van der Waals surface area contributed by atoms with Crippen LogP contribution in [-0.4, -0.2) is 75.9 Å². The minimum Gasteiger partial charge on any atom is -0.496 e. The van der Waals surface area contributed by atoms with E-state index in [1.807, 2.05) is 84.9 Å². The van der Waals surface area contributed by atoms with Crippen LogP contribution in [0.2, 0.25) is 0 Å². The molecule has 0 saturated carbocycles. The first kappa shape index (κ1) is 41.9. The normalized spacial score (nSPS) is 13.5. The Balaban J connectivity index is 1.61. The smallest absolute Gasteiger partial charge is 0.130 e. The van der Waals surface area contributed by atoms with Gasteiger partial charge in [-0.3, -0.25) is 9.80 Å². The van der Waals surface area contributed by atoms with Crippen molar-refractivity contribution in [1.29, 1.82) is 0 Å². The van der Waals surface area contributed by atoms with Crippen LogP contribution in [0, 0.1) is 0 Å². The van der Waals surface area contributed by atoms with Gasteiger partial charge >= 0.3 is 0 Å². The van der Waals surface area contributed by atoms with Gasteiger partial charge in [0.05, 0.1) is 79.1 Å². The fourth-order valence-electron chi connectivity index (χ4n) is 7.48. The lowest BCUT2D eigenvalue weighted by Crippen LogP contribution is -2.34. The zero-order valence-electron chi connectivity index (χ0n) is 33.8. The molecule has 0 saturated heterocycles. The number of hydrogen-bond acceptors (Lipinski definition) is 10. The summed E-state index contributed by atoms with van der Waals surface area (Å²) in [6.07, 6.45) is 0. The van der Waals surface area contributed by atoms with Gasteiger partial charge in [0.25, 0.3) is 0 Å². The maximum absolute atomic E-state index is 11.0. The van der Waals surface area contributed by atoms with E-state index in [1.54, 1.807) is 42.7 Å². The fourth-order valence-corrected chi connectivity index (χ4v) is 7.48. The van der Waals surface area contributed by atoms with Crippen molar-refractivity contribution in [3.63, 3.8) is 0 Å². The molecular formula is C46H56N2O8. The van der Waals surface area contributed by atoms with Crippen LogP contribution in [0.4, 0.5) is 0 Å². The van der Waals surface area contributed by atoms with Crippen molar-refractivity contribution in [2.75, 3.05) is 55.9 Å². The molecule has 0 spiro atoms. The lowest BCUT2D eigenvalue weighted by Gasteiger charge is -2.38. The number of nitrogens with zero attached hydrogens (tertiary/aromatic N) is 2. The van der Waals surface area contributed by atoms with Crippen molar-refractivity contribution < 1.29 is 38.6 Å². The molecule has 10 heteroatoms. The zero-order valence-corrected chi connectivity index (χ0v) is 33.8. The topological polar surface area (TPSA) is 102 Å². The molecule has 0 amide bonds. The van der Waals surface area contributed by atoms with Crippen LogP contribution in [-0.2, 0) is 13.1 Å². The molecule has 5 aromatic rings. The Labute approximate surface area is 331 Å². The second kappa shape index (κ2) is 20.1. The van der Waals surface area contributed by atoms with E-state index in [4.69, 9.17) is 28.4 Å². The van der Waals surface area contributed by atoms with E-state index in [0.717, 1.165) is 33.4 Å². The molecule has 0 aliphatic carbocycles. The predicted octanol–water partition coefficient (Wildman–Crippen LogP) is 8.33. The first-order valence-corrected chi connectivity index (χ1v) is 18.8. The highest BCUT2D eigenvalue weighted by atomic mass is 16.5. The van der Waals surface area contributed by atoms with Crippen LogP contribution in [0.25, 0.3) is 0 Å². The standard InChI is InChI=1S/C46H56N2O8/c1-31(47(41(29-49)33-16-11-9-12-17-33)27-39-43(53-5)23-37(51-3)24-44(39)54-6)35-20-15-21-36(22-35)32(2)48(42(30-50)34-18-13-10-14-19-34)28-40-45(55-7)25-38(52-4)26-46(40)56-8/h9-26,31-32,41-42,49-50H,27-30H2,1-8H3/t31-,32-,41-,42-/m0/s1. The van der Waals surface area contributed by atoms with E-state index in [0.29, 0.717) is 47.6 Å². The summed E-state index contributed by atoms with van der Waals surface area (Å²) < 4.78 is 34.6. The van der Waals surface area contributed by atoms with Crippen LogP contribution in [0.1, 0.15) is 71.4 Å². The number of ether oxygens (including phenoxy) is 6. The maximum Gasteiger partial charge on any atom is 0.130 e. The van der Waals surface area contributed by atoms with E-state index >= 15 is 0 Å². The van der Waals surface area contributed by atoms with Gasteiger partial charge in [-0.25, -0.2) is 0 Å². The van der Waals surface area contributed by atoms with Gasteiger partial charge in [-0.1, -0.05) is 84.9 Å². The summed E-state index contributed by atoms with van der Waals surface area (Å²) >= 11 is 0. The zero-order chi connectivity index (χ0) is 40.2. The van der Waals surface area contributed by atoms with Crippen molar-refractivity contribution in [2.24, 2.45) is 0 Å². The minimum absolute atomic E-state index is 0.111. The first-order valence-electron chi connectivity index (χ1n) is 18.8. The van der Waals surface area contributed by atoms with Crippen molar-refractivity contribution in [3.8, 4) is 34.5 Å². The number of rotatable bonds is 20. The minimum atomic E-state index is -0.354. The van der Waals surface area contributed by atoms with Gasteiger partial charge in [0, 0.05) is 49.4 Å². The molecule has 0 unspecified atom stereocenters. The molecule has 5 aromatic carbocycles. The molecule has 0 aromatic heterocycles. The largest absolute Gasteiger partial charge is 0.496 e. The highest BCUT2D eigenvalue weighted by Gasteiger charge is 2.31. The van der Waals surface area contributed by atoms with Crippen molar-refractivity contribution in [1.82, 2.24) is 9.80 Å². The first-order chi connectivity index (χ1) is 27.2. The van der Waals surface area contributed by atoms with Gasteiger partial charge in [0.1, 0.15) is 34.5 Å². The second-order valence-electron chi connectivity index (χ2n) is 13.6. The lowest BCUT2D eigenvalue weighted by molar-refractivity contribution is 0.0769. The van der Waals surface area contributed by atoms with E-state index in [2.05, 4.69) is 47.9 Å². The Morgan fingerprint density at radius 1 is 0.429 bits per heavy atom. The molecule has 0 bridgehead atoms. The molecule has 0 radical (unpaired) electrons. The molecule has 298 valence electrons. The summed E-state index contributed by atoms with van der Waals surface area (Å²) in [5.74, 6) is 3.75. The molecule has 0 heterocycles. The average Bonchev–Trinajstić information content (AvgIpc) is 3.26. The average molecular weight is 765 g/mol. The van der Waals surface area contributed by atoms with Gasteiger partial charge in [-0.05, 0) is 36.1 Å². The predicted molar refractivity (Wildman–Crippen MR) is 219 cm³/mol. The highest BCUT2D eigenvalue weighted by Crippen LogP contribution is 2.42. The molecule has 56 heavy (non-hydrogen) atoms. The third kappa shape index (κ3) is 9.39. The Morgan fingerprint density at radius 2 is 0.750 bits per heavy atom. The van der Waals surface area contributed by atoms with Gasteiger partial charge in [0.15, 0.2) is 0 Å². The number of hydrogen-bond donors (Lipinski definition) is 2. The van der Waals surface area contributed by atoms with E-state index in [-0.39, 0.29) is 37.4 Å². The summed E-state index contributed by atoms with van der Waals surface area (Å²) in [6.45, 7) is 4.90. The number of aliphatic hydroxyl groups is 2. The number of aliphatic hydroxyl groups excluding tert-OH is 2. The van der Waals surface area contributed by atoms with Crippen LogP contribution >= 0.6 is 0 Å². The van der Waals surface area contributed by atoms with Gasteiger partial charge in [-0.15, -0.1) is 0 Å². The molecule has 0 fully saturated rings. The summed E-state index contributed by atoms with van der Waals surface area (Å²) in [5.41, 5.74) is 5.75. The number of methoxy groups -OCH3 is 6. The van der Waals surface area contributed by atoms with Gasteiger partial charge in [-0.2, -0.15) is 0 Å². The van der Waals surface area contributed by atoms with Crippen LogP contribution < -0.4 is 28.4 Å². The van der Waals surface area contributed by atoms with Crippen molar-refractivity contribution >= 4 is 0 Å².